The molecule has 218 valence electrons. The second-order valence-electron chi connectivity index (χ2n) is 10.9. The van der Waals surface area contributed by atoms with Crippen LogP contribution < -0.4 is 10.5 Å². The summed E-state index contributed by atoms with van der Waals surface area (Å²) >= 11 is 1.37. The van der Waals surface area contributed by atoms with Gasteiger partial charge in [0, 0.05) is 18.8 Å². The zero-order valence-corrected chi connectivity index (χ0v) is 23.9. The number of ether oxygens (including phenoxy) is 3. The Kier molecular flexibility index (Phi) is 7.56. The molecule has 0 spiro atoms. The van der Waals surface area contributed by atoms with Gasteiger partial charge >= 0.3 is 6.03 Å². The molecule has 0 bridgehead atoms. The highest BCUT2D eigenvalue weighted by atomic mass is 32.2. The van der Waals surface area contributed by atoms with Gasteiger partial charge in [-0.05, 0) is 50.7 Å². The van der Waals surface area contributed by atoms with Crippen molar-refractivity contribution in [2.75, 3.05) is 26.9 Å². The number of methoxy groups -OCH3 is 1. The molecule has 1 aromatic carbocycles. The van der Waals surface area contributed by atoms with Crippen molar-refractivity contribution < 1.29 is 33.0 Å². The Bertz CT molecular complexity index is 1350. The van der Waals surface area contributed by atoms with Crippen LogP contribution in [-0.4, -0.2) is 76.5 Å². The quantitative estimate of drug-likeness (QED) is 0.469. The Morgan fingerprint density at radius 1 is 1.24 bits per heavy atom. The number of oxazole rings is 1. The summed E-state index contributed by atoms with van der Waals surface area (Å²) < 4.78 is 23.5. The van der Waals surface area contributed by atoms with Gasteiger partial charge < -0.3 is 29.3 Å². The van der Waals surface area contributed by atoms with Gasteiger partial charge in [-0.25, -0.2) is 14.7 Å². The maximum Gasteiger partial charge on any atom is 0.328 e. The van der Waals surface area contributed by atoms with E-state index in [9.17, 15) is 14.4 Å². The standard InChI is InChI=1S/C29H34N4O7S/c1-17-22-25(34)33(29(27(30)35)10-5-11-29)28(36)32(26(22)41-23(17)24-31-12-15-39-24)16-21(40-18-8-13-38-14-9-18)19-6-3-4-7-20(19)37-2/h3-4,6-7,12,15,18,21-22,26H,5,8-11,13-14,16H2,1-2H3,(H2,30,35). The van der Waals surface area contributed by atoms with E-state index < -0.39 is 40.8 Å². The molecule has 0 radical (unpaired) electrons. The molecule has 2 N–H and O–H groups in total. The van der Waals surface area contributed by atoms with E-state index in [0.717, 1.165) is 28.9 Å². The number of hydrogen-bond acceptors (Lipinski definition) is 9. The lowest BCUT2D eigenvalue weighted by atomic mass is 9.73. The topological polar surface area (TPSA) is 137 Å². The van der Waals surface area contributed by atoms with E-state index >= 15 is 0 Å². The molecule has 6 rings (SSSR count). The molecule has 2 saturated heterocycles. The van der Waals surface area contributed by atoms with E-state index in [-0.39, 0.29) is 12.6 Å². The minimum atomic E-state index is -1.34. The number of nitrogens with zero attached hydrogens (tertiary/aromatic N) is 3. The van der Waals surface area contributed by atoms with Crippen molar-refractivity contribution in [3.05, 3.63) is 53.8 Å². The lowest BCUT2D eigenvalue weighted by molar-refractivity contribution is -0.154. The van der Waals surface area contributed by atoms with Gasteiger partial charge in [0.15, 0.2) is 0 Å². The van der Waals surface area contributed by atoms with Gasteiger partial charge in [-0.3, -0.25) is 9.59 Å². The van der Waals surface area contributed by atoms with Gasteiger partial charge in [-0.2, -0.15) is 0 Å². The smallest absolute Gasteiger partial charge is 0.328 e. The number of fused-ring (bicyclic) bond motifs is 1. The number of thioether (sulfide) groups is 1. The molecule has 3 atom stereocenters. The maximum absolute atomic E-state index is 14.4. The Hall–Kier alpha value is -3.35. The highest BCUT2D eigenvalue weighted by Crippen LogP contribution is 2.53. The largest absolute Gasteiger partial charge is 0.496 e. The molecular weight excluding hydrogens is 548 g/mol. The summed E-state index contributed by atoms with van der Waals surface area (Å²) in [5.74, 6) is -0.747. The first kappa shape index (κ1) is 27.8. The number of para-hydroxylation sites is 1. The normalized spacial score (nSPS) is 25.2. The van der Waals surface area contributed by atoms with Gasteiger partial charge in [-0.1, -0.05) is 30.0 Å². The monoisotopic (exact) mass is 582 g/mol. The Morgan fingerprint density at radius 2 is 2.00 bits per heavy atom. The fourth-order valence-electron chi connectivity index (χ4n) is 6.25. The van der Waals surface area contributed by atoms with Crippen molar-refractivity contribution in [1.82, 2.24) is 14.8 Å². The molecule has 4 heterocycles. The van der Waals surface area contributed by atoms with Crippen LogP contribution in [0.3, 0.4) is 0 Å². The van der Waals surface area contributed by atoms with Gasteiger partial charge in [-0.15, -0.1) is 0 Å². The number of benzene rings is 1. The summed E-state index contributed by atoms with van der Waals surface area (Å²) in [5, 5.41) is -0.575. The second kappa shape index (κ2) is 11.1. The van der Waals surface area contributed by atoms with Crippen molar-refractivity contribution >= 4 is 34.5 Å². The van der Waals surface area contributed by atoms with Crippen molar-refractivity contribution in [2.45, 2.75) is 62.1 Å². The van der Waals surface area contributed by atoms with Crippen LogP contribution in [0, 0.1) is 5.92 Å². The zero-order chi connectivity index (χ0) is 28.7. The van der Waals surface area contributed by atoms with Gasteiger partial charge in [0.05, 0.1) is 42.2 Å². The van der Waals surface area contributed by atoms with Crippen molar-refractivity contribution in [1.29, 1.82) is 0 Å². The number of carbonyl (C=O) groups is 3. The third kappa shape index (κ3) is 4.71. The molecule has 12 heteroatoms. The number of imide groups is 1. The van der Waals surface area contributed by atoms with Gasteiger partial charge in [0.1, 0.15) is 23.7 Å². The molecule has 1 aromatic heterocycles. The van der Waals surface area contributed by atoms with Crippen LogP contribution >= 0.6 is 11.8 Å². The number of rotatable bonds is 9. The van der Waals surface area contributed by atoms with Crippen LogP contribution in [0.25, 0.3) is 4.91 Å². The minimum absolute atomic E-state index is 0.0744. The average Bonchev–Trinajstić information content (AvgIpc) is 3.60. The fourth-order valence-corrected chi connectivity index (χ4v) is 7.77. The van der Waals surface area contributed by atoms with E-state index in [4.69, 9.17) is 24.4 Å². The first-order valence-electron chi connectivity index (χ1n) is 13.9. The molecule has 3 aliphatic heterocycles. The average molecular weight is 583 g/mol. The molecule has 4 amide bonds. The molecular formula is C29H34N4O7S. The van der Waals surface area contributed by atoms with E-state index in [2.05, 4.69) is 4.98 Å². The maximum atomic E-state index is 14.4. The summed E-state index contributed by atoms with van der Waals surface area (Å²) in [6, 6.07) is 7.03. The third-order valence-corrected chi connectivity index (χ3v) is 10.1. The van der Waals surface area contributed by atoms with Gasteiger partial charge in [0.25, 0.3) is 0 Å². The number of amides is 4. The van der Waals surface area contributed by atoms with E-state index in [1.54, 1.807) is 18.2 Å². The van der Waals surface area contributed by atoms with E-state index in [1.807, 2.05) is 31.2 Å². The van der Waals surface area contributed by atoms with Crippen LogP contribution in [0.1, 0.15) is 56.6 Å². The van der Waals surface area contributed by atoms with E-state index in [1.165, 1.54) is 18.0 Å². The van der Waals surface area contributed by atoms with Crippen molar-refractivity contribution in [3.63, 3.8) is 0 Å². The number of primary amides is 1. The lowest BCUT2D eigenvalue weighted by Crippen LogP contribution is -2.72. The summed E-state index contributed by atoms with van der Waals surface area (Å²) in [7, 11) is 1.60. The summed E-state index contributed by atoms with van der Waals surface area (Å²) in [5.41, 5.74) is 6.07. The van der Waals surface area contributed by atoms with E-state index in [0.29, 0.717) is 49.0 Å². The predicted molar refractivity (Wildman–Crippen MR) is 149 cm³/mol. The van der Waals surface area contributed by atoms with Crippen LogP contribution in [0.2, 0.25) is 0 Å². The predicted octanol–water partition coefficient (Wildman–Crippen LogP) is 3.71. The van der Waals surface area contributed by atoms with Crippen LogP contribution in [0.5, 0.6) is 5.75 Å². The van der Waals surface area contributed by atoms with Crippen LogP contribution in [0.15, 0.2) is 46.7 Å². The number of hydrogen-bond donors (Lipinski definition) is 1. The first-order valence-corrected chi connectivity index (χ1v) is 14.8. The summed E-state index contributed by atoms with van der Waals surface area (Å²) in [4.78, 5) is 49.1. The Morgan fingerprint density at radius 3 is 2.63 bits per heavy atom. The lowest BCUT2D eigenvalue weighted by Gasteiger charge is -2.52. The molecule has 1 saturated carbocycles. The molecule has 41 heavy (non-hydrogen) atoms. The number of urea groups is 1. The van der Waals surface area contributed by atoms with Crippen molar-refractivity contribution in [3.8, 4) is 5.75 Å². The Labute approximate surface area is 242 Å². The molecule has 3 fully saturated rings. The van der Waals surface area contributed by atoms with Crippen LogP contribution in [-0.2, 0) is 19.1 Å². The summed E-state index contributed by atoms with van der Waals surface area (Å²) in [6.45, 7) is 3.18. The number of carbonyl (C=O) groups excluding carboxylic acids is 3. The second-order valence-corrected chi connectivity index (χ2v) is 12.0. The molecule has 1 aliphatic carbocycles. The highest BCUT2D eigenvalue weighted by molar-refractivity contribution is 8.09. The van der Waals surface area contributed by atoms with Crippen molar-refractivity contribution in [2.24, 2.45) is 11.7 Å². The minimum Gasteiger partial charge on any atom is -0.496 e. The van der Waals surface area contributed by atoms with Crippen LogP contribution in [0.4, 0.5) is 4.79 Å². The first-order chi connectivity index (χ1) is 19.9. The zero-order valence-electron chi connectivity index (χ0n) is 23.1. The SMILES string of the molecule is COc1ccccc1C(CN1C(=O)N(C2(C(N)=O)CCC2)C(=O)C2C(C)=C(c3ncco3)SC21)OC1CCOCC1. The molecule has 11 nitrogen and oxygen atoms in total. The molecule has 3 unspecified atom stereocenters. The molecule has 2 aromatic rings. The molecule has 4 aliphatic rings. The third-order valence-electron chi connectivity index (χ3n) is 8.65. The summed E-state index contributed by atoms with van der Waals surface area (Å²) in [6.07, 6.45) is 5.24. The highest BCUT2D eigenvalue weighted by Gasteiger charge is 2.61. The number of nitrogens with two attached hydrogens (primary N) is 1. The van der Waals surface area contributed by atoms with Gasteiger partial charge in [0.2, 0.25) is 17.7 Å². The fraction of sp³-hybridized carbons (Fsp3) is 0.517. The number of aromatic nitrogens is 1. The Balaban J connectivity index is 1.41.